The van der Waals surface area contributed by atoms with E-state index in [-0.39, 0.29) is 6.42 Å². The summed E-state index contributed by atoms with van der Waals surface area (Å²) in [4.78, 5) is 9.88. The van der Waals surface area contributed by atoms with Crippen molar-refractivity contribution < 1.29 is 9.18 Å². The van der Waals surface area contributed by atoms with Crippen LogP contribution in [0.1, 0.15) is 6.42 Å². The maximum Gasteiger partial charge on any atom is 0.211 e. The van der Waals surface area contributed by atoms with Crippen molar-refractivity contribution in [3.63, 3.8) is 0 Å². The number of allylic oxidation sites excluding steroid dienone is 4. The van der Waals surface area contributed by atoms with E-state index in [1.165, 1.54) is 6.08 Å². The molecule has 0 saturated carbocycles. The van der Waals surface area contributed by atoms with Crippen LogP contribution in [0.3, 0.4) is 0 Å². The van der Waals surface area contributed by atoms with Gasteiger partial charge in [0, 0.05) is 12.1 Å². The minimum Gasteiger partial charge on any atom is -0.332 e. The van der Waals surface area contributed by atoms with Gasteiger partial charge in [0.25, 0.3) is 0 Å². The molecule has 1 unspecified atom stereocenters. The van der Waals surface area contributed by atoms with Crippen LogP contribution in [0, 0.1) is 0 Å². The molecule has 0 aromatic heterocycles. The Kier molecular flexibility index (Phi) is 2.20. The minimum absolute atomic E-state index is 0.273. The number of carbonyl (C=O) groups excluding carboxylic acids is 1. The van der Waals surface area contributed by atoms with E-state index in [1.807, 2.05) is 0 Å². The molecule has 54 valence electrons. The quantitative estimate of drug-likeness (QED) is 0.569. The SMILES string of the molecule is O=CNC1=CC=CC(F)C1. The Morgan fingerprint density at radius 3 is 3.20 bits per heavy atom. The van der Waals surface area contributed by atoms with Crippen molar-refractivity contribution in [2.45, 2.75) is 12.6 Å². The van der Waals surface area contributed by atoms with Gasteiger partial charge in [-0.2, -0.15) is 0 Å². The molecule has 0 aliphatic heterocycles. The molecule has 0 fully saturated rings. The van der Waals surface area contributed by atoms with Gasteiger partial charge >= 0.3 is 0 Å². The zero-order chi connectivity index (χ0) is 7.40. The summed E-state index contributed by atoms with van der Waals surface area (Å²) in [6, 6.07) is 0. The topological polar surface area (TPSA) is 29.1 Å². The first-order valence-corrected chi connectivity index (χ1v) is 3.04. The summed E-state index contributed by atoms with van der Waals surface area (Å²) in [7, 11) is 0. The number of hydrogen-bond donors (Lipinski definition) is 1. The maximum atomic E-state index is 12.5. The number of amides is 1. The molecule has 10 heavy (non-hydrogen) atoms. The van der Waals surface area contributed by atoms with E-state index in [2.05, 4.69) is 5.32 Å². The molecule has 0 radical (unpaired) electrons. The van der Waals surface area contributed by atoms with Crippen molar-refractivity contribution in [1.29, 1.82) is 0 Å². The molecule has 0 saturated heterocycles. The van der Waals surface area contributed by atoms with E-state index in [4.69, 9.17) is 0 Å². The summed E-state index contributed by atoms with van der Waals surface area (Å²) >= 11 is 0. The Bertz CT molecular complexity index is 186. The third-order valence-electron chi connectivity index (χ3n) is 1.28. The number of alkyl halides is 1. The van der Waals surface area contributed by atoms with Crippen molar-refractivity contribution in [1.82, 2.24) is 5.32 Å². The lowest BCUT2D eigenvalue weighted by atomic mass is 10.1. The Balaban J connectivity index is 2.52. The maximum absolute atomic E-state index is 12.5. The van der Waals surface area contributed by atoms with Crippen LogP contribution in [0.25, 0.3) is 0 Å². The van der Waals surface area contributed by atoms with E-state index < -0.39 is 6.17 Å². The van der Waals surface area contributed by atoms with Crippen LogP contribution in [0.2, 0.25) is 0 Å². The Hall–Kier alpha value is -1.12. The molecule has 0 aromatic carbocycles. The Morgan fingerprint density at radius 2 is 2.60 bits per heavy atom. The largest absolute Gasteiger partial charge is 0.332 e. The van der Waals surface area contributed by atoms with Crippen molar-refractivity contribution in [3.05, 3.63) is 23.9 Å². The number of nitrogens with one attached hydrogen (secondary N) is 1. The van der Waals surface area contributed by atoms with E-state index in [1.54, 1.807) is 12.2 Å². The second-order valence-corrected chi connectivity index (χ2v) is 2.06. The van der Waals surface area contributed by atoms with E-state index in [0.717, 1.165) is 0 Å². The van der Waals surface area contributed by atoms with E-state index in [0.29, 0.717) is 12.1 Å². The highest BCUT2D eigenvalue weighted by Gasteiger charge is 2.07. The van der Waals surface area contributed by atoms with Crippen molar-refractivity contribution >= 4 is 6.41 Å². The van der Waals surface area contributed by atoms with Crippen LogP contribution < -0.4 is 5.32 Å². The fourth-order valence-electron chi connectivity index (χ4n) is 0.821. The molecule has 1 amide bonds. The number of carbonyl (C=O) groups is 1. The first-order chi connectivity index (χ1) is 4.83. The van der Waals surface area contributed by atoms with Gasteiger partial charge in [0.15, 0.2) is 0 Å². The lowest BCUT2D eigenvalue weighted by Gasteiger charge is -2.09. The summed E-state index contributed by atoms with van der Waals surface area (Å²) in [5.41, 5.74) is 0.630. The van der Waals surface area contributed by atoms with Crippen LogP contribution in [0.4, 0.5) is 4.39 Å². The normalized spacial score (nSPS) is 23.7. The first-order valence-electron chi connectivity index (χ1n) is 3.04. The van der Waals surface area contributed by atoms with Crippen LogP contribution in [0.5, 0.6) is 0 Å². The molecule has 2 nitrogen and oxygen atoms in total. The number of hydrogen-bond acceptors (Lipinski definition) is 1. The molecule has 1 aliphatic carbocycles. The van der Waals surface area contributed by atoms with Gasteiger partial charge in [-0.3, -0.25) is 4.79 Å². The second kappa shape index (κ2) is 3.15. The van der Waals surface area contributed by atoms with Gasteiger partial charge in [-0.25, -0.2) is 4.39 Å². The summed E-state index contributed by atoms with van der Waals surface area (Å²) < 4.78 is 12.5. The molecule has 0 bridgehead atoms. The average molecular weight is 141 g/mol. The molecular weight excluding hydrogens is 133 g/mol. The highest BCUT2D eigenvalue weighted by Crippen LogP contribution is 2.11. The summed E-state index contributed by atoms with van der Waals surface area (Å²) in [6.45, 7) is 0. The zero-order valence-corrected chi connectivity index (χ0v) is 5.38. The molecule has 1 N–H and O–H groups in total. The van der Waals surface area contributed by atoms with Crippen LogP contribution in [-0.4, -0.2) is 12.6 Å². The molecule has 1 atom stereocenters. The monoisotopic (exact) mass is 141 g/mol. The zero-order valence-electron chi connectivity index (χ0n) is 5.38. The smallest absolute Gasteiger partial charge is 0.211 e. The van der Waals surface area contributed by atoms with Crippen LogP contribution in [-0.2, 0) is 4.79 Å². The highest BCUT2D eigenvalue weighted by molar-refractivity contribution is 5.50. The van der Waals surface area contributed by atoms with Crippen molar-refractivity contribution in [3.8, 4) is 0 Å². The van der Waals surface area contributed by atoms with Crippen LogP contribution in [0.15, 0.2) is 23.9 Å². The number of rotatable bonds is 2. The summed E-state index contributed by atoms with van der Waals surface area (Å²) in [5, 5.41) is 2.40. The number of halogens is 1. The third kappa shape index (κ3) is 1.69. The Morgan fingerprint density at radius 1 is 1.80 bits per heavy atom. The lowest BCUT2D eigenvalue weighted by molar-refractivity contribution is -0.109. The van der Waals surface area contributed by atoms with Crippen molar-refractivity contribution in [2.75, 3.05) is 0 Å². The van der Waals surface area contributed by atoms with Crippen molar-refractivity contribution in [2.24, 2.45) is 0 Å². The fourth-order valence-corrected chi connectivity index (χ4v) is 0.821. The van der Waals surface area contributed by atoms with Gasteiger partial charge in [0.05, 0.1) is 0 Å². The van der Waals surface area contributed by atoms with Gasteiger partial charge in [-0.15, -0.1) is 0 Å². The lowest BCUT2D eigenvalue weighted by Crippen LogP contribution is -2.15. The average Bonchev–Trinajstić information content (AvgIpc) is 1.88. The van der Waals surface area contributed by atoms with Gasteiger partial charge < -0.3 is 5.32 Å². The van der Waals surface area contributed by atoms with E-state index in [9.17, 15) is 9.18 Å². The summed E-state index contributed by atoms with van der Waals surface area (Å²) in [5.74, 6) is 0. The molecule has 0 spiro atoms. The second-order valence-electron chi connectivity index (χ2n) is 2.06. The minimum atomic E-state index is -0.951. The first kappa shape index (κ1) is 6.99. The van der Waals surface area contributed by atoms with Gasteiger partial charge in [0.2, 0.25) is 6.41 Å². The molecular formula is C7H8FNO. The van der Waals surface area contributed by atoms with Gasteiger partial charge in [-0.1, -0.05) is 12.2 Å². The van der Waals surface area contributed by atoms with Gasteiger partial charge in [0.1, 0.15) is 6.17 Å². The predicted molar refractivity (Wildman–Crippen MR) is 35.9 cm³/mol. The molecule has 3 heteroatoms. The van der Waals surface area contributed by atoms with Crippen LogP contribution >= 0.6 is 0 Å². The Labute approximate surface area is 58.4 Å². The standard InChI is InChI=1S/C7H8FNO/c8-6-2-1-3-7(4-6)9-5-10/h1-3,5-6H,4H2,(H,9,10). The molecule has 0 aromatic rings. The van der Waals surface area contributed by atoms with E-state index >= 15 is 0 Å². The molecule has 0 heterocycles. The molecule has 1 rings (SSSR count). The highest BCUT2D eigenvalue weighted by atomic mass is 19.1. The summed E-state index contributed by atoms with van der Waals surface area (Å²) in [6.07, 6.45) is 4.61. The fraction of sp³-hybridized carbons (Fsp3) is 0.286. The predicted octanol–water partition coefficient (Wildman–Crippen LogP) is 0.914. The molecule has 1 aliphatic rings. The third-order valence-corrected chi connectivity index (χ3v) is 1.28. The van der Waals surface area contributed by atoms with Gasteiger partial charge in [-0.05, 0) is 6.08 Å².